The minimum absolute atomic E-state index is 0.0184. The zero-order valence-electron chi connectivity index (χ0n) is 19.4. The molecule has 1 heterocycles. The van der Waals surface area contributed by atoms with E-state index in [2.05, 4.69) is 10.0 Å². The Balaban J connectivity index is 1.74. The largest absolute Gasteiger partial charge is 0.467 e. The predicted molar refractivity (Wildman–Crippen MR) is 130 cm³/mol. The Labute approximate surface area is 203 Å². The second-order valence-electron chi connectivity index (χ2n) is 8.08. The molecule has 0 aromatic heterocycles. The molecular formula is C23H28N6O5S. The lowest BCUT2D eigenvalue weighted by Gasteiger charge is -2.29. The van der Waals surface area contributed by atoms with Crippen molar-refractivity contribution in [3.05, 3.63) is 64.7 Å². The van der Waals surface area contributed by atoms with Crippen LogP contribution in [0.4, 0.5) is 0 Å². The lowest BCUT2D eigenvalue weighted by Crippen LogP contribution is -2.49. The van der Waals surface area contributed by atoms with Gasteiger partial charge in [-0.05, 0) is 48.7 Å². The summed E-state index contributed by atoms with van der Waals surface area (Å²) in [5.74, 6) is -1.29. The molecule has 1 aliphatic rings. The summed E-state index contributed by atoms with van der Waals surface area (Å²) < 4.78 is 33.0. The highest BCUT2D eigenvalue weighted by Gasteiger charge is 2.26. The number of nitrogens with one attached hydrogen (secondary N) is 4. The summed E-state index contributed by atoms with van der Waals surface area (Å²) in [5, 5.41) is 17.8. The van der Waals surface area contributed by atoms with Crippen LogP contribution in [0.3, 0.4) is 0 Å². The fraction of sp³-hybridized carbons (Fsp3) is 0.304. The van der Waals surface area contributed by atoms with E-state index in [1.807, 2.05) is 4.90 Å². The molecule has 0 saturated heterocycles. The maximum absolute atomic E-state index is 13.0. The van der Waals surface area contributed by atoms with Crippen molar-refractivity contribution in [3.63, 3.8) is 0 Å². The van der Waals surface area contributed by atoms with Crippen LogP contribution in [0.2, 0.25) is 0 Å². The second kappa shape index (κ2) is 10.7. The van der Waals surface area contributed by atoms with Gasteiger partial charge in [0.15, 0.2) is 0 Å². The van der Waals surface area contributed by atoms with E-state index in [1.165, 1.54) is 18.2 Å². The van der Waals surface area contributed by atoms with Crippen molar-refractivity contribution < 1.29 is 22.7 Å². The van der Waals surface area contributed by atoms with E-state index in [9.17, 15) is 18.0 Å². The van der Waals surface area contributed by atoms with Gasteiger partial charge in [-0.2, -0.15) is 0 Å². The molecule has 1 amide bonds. The summed E-state index contributed by atoms with van der Waals surface area (Å²) in [6.45, 7) is 2.39. The van der Waals surface area contributed by atoms with Crippen molar-refractivity contribution in [1.29, 1.82) is 10.8 Å². The number of nitrogens with zero attached hydrogens (tertiary/aromatic N) is 1. The van der Waals surface area contributed by atoms with Crippen LogP contribution in [0.25, 0.3) is 0 Å². The third-order valence-electron chi connectivity index (χ3n) is 5.68. The summed E-state index contributed by atoms with van der Waals surface area (Å²) >= 11 is 0. The van der Waals surface area contributed by atoms with Crippen LogP contribution in [0.15, 0.2) is 47.4 Å². The van der Waals surface area contributed by atoms with Crippen molar-refractivity contribution in [2.24, 2.45) is 5.73 Å². The van der Waals surface area contributed by atoms with Gasteiger partial charge in [-0.1, -0.05) is 18.2 Å². The van der Waals surface area contributed by atoms with E-state index in [4.69, 9.17) is 21.3 Å². The highest BCUT2D eigenvalue weighted by Crippen LogP contribution is 2.22. The maximum atomic E-state index is 13.0. The number of amidine groups is 2. The van der Waals surface area contributed by atoms with Gasteiger partial charge in [-0.25, -0.2) is 17.9 Å². The summed E-state index contributed by atoms with van der Waals surface area (Å²) in [5.41, 5.74) is 7.77. The molecule has 2 aromatic rings. The Morgan fingerprint density at radius 1 is 1.14 bits per heavy atom. The molecule has 6 N–H and O–H groups in total. The molecule has 0 bridgehead atoms. The number of hydrogen-bond acceptors (Lipinski definition) is 7. The van der Waals surface area contributed by atoms with Gasteiger partial charge in [-0.15, -0.1) is 0 Å². The van der Waals surface area contributed by atoms with Gasteiger partial charge in [0.2, 0.25) is 10.0 Å². The van der Waals surface area contributed by atoms with Crippen LogP contribution in [0.1, 0.15) is 34.0 Å². The third kappa shape index (κ3) is 6.22. The lowest BCUT2D eigenvalue weighted by atomic mass is 10.00. The maximum Gasteiger partial charge on any atom is 0.329 e. The number of carbonyl (C=O) groups excluding carboxylic acids is 2. The number of nitrogen functional groups attached to an aromatic ring is 1. The number of carbonyl (C=O) groups is 2. The van der Waals surface area contributed by atoms with Gasteiger partial charge in [0, 0.05) is 30.8 Å². The van der Waals surface area contributed by atoms with E-state index in [1.54, 1.807) is 31.2 Å². The van der Waals surface area contributed by atoms with Crippen LogP contribution in [0, 0.1) is 10.8 Å². The first-order valence-electron chi connectivity index (χ1n) is 10.8. The number of methoxy groups -OCH3 is 1. The minimum Gasteiger partial charge on any atom is -0.467 e. The molecule has 0 spiro atoms. The molecule has 0 radical (unpaired) electrons. The quantitative estimate of drug-likeness (QED) is 0.200. The lowest BCUT2D eigenvalue weighted by molar-refractivity contribution is -0.142. The zero-order valence-corrected chi connectivity index (χ0v) is 20.2. The molecule has 186 valence electrons. The normalized spacial score (nSPS) is 13.9. The molecule has 35 heavy (non-hydrogen) atoms. The number of sulfonamides is 1. The van der Waals surface area contributed by atoms with E-state index in [0.717, 1.165) is 18.2 Å². The van der Waals surface area contributed by atoms with E-state index in [-0.39, 0.29) is 16.3 Å². The van der Waals surface area contributed by atoms with Crippen LogP contribution >= 0.6 is 0 Å². The highest BCUT2D eigenvalue weighted by atomic mass is 32.2. The Kier molecular flexibility index (Phi) is 7.87. The number of rotatable bonds is 8. The number of benzene rings is 2. The van der Waals surface area contributed by atoms with E-state index < -0.39 is 34.5 Å². The first kappa shape index (κ1) is 25.8. The first-order valence-corrected chi connectivity index (χ1v) is 12.2. The summed E-state index contributed by atoms with van der Waals surface area (Å²) in [7, 11) is -2.88. The number of fused-ring (bicyclic) bond motifs is 1. The fourth-order valence-electron chi connectivity index (χ4n) is 3.67. The SMILES string of the molecule is COC(=O)C(CNS(=O)(=O)c1ccc2c(c1)CN(C(C)=N)CC2)NC(=O)c1cccc(C(=N)N)c1. The van der Waals surface area contributed by atoms with E-state index >= 15 is 0 Å². The Morgan fingerprint density at radius 2 is 1.86 bits per heavy atom. The molecule has 0 saturated carbocycles. The standard InChI is InChI=1S/C23H28N6O5S/c1-14(24)29-9-8-15-6-7-19(11-18(15)13-29)35(32,33)27-12-20(23(31)34-2)28-22(30)17-5-3-4-16(10-17)21(25)26/h3-7,10-11,20,24,27H,8-9,12-13H2,1-2H3,(H3,25,26)(H,28,30). The Morgan fingerprint density at radius 3 is 2.51 bits per heavy atom. The molecule has 1 aliphatic heterocycles. The monoisotopic (exact) mass is 500 g/mol. The molecule has 1 atom stereocenters. The molecule has 0 fully saturated rings. The number of esters is 1. The van der Waals surface area contributed by atoms with Crippen LogP contribution in [0.5, 0.6) is 0 Å². The van der Waals surface area contributed by atoms with Gasteiger partial charge < -0.3 is 20.7 Å². The number of hydrogen-bond donors (Lipinski definition) is 5. The molecular weight excluding hydrogens is 472 g/mol. The Hall–Kier alpha value is -3.77. The second-order valence-corrected chi connectivity index (χ2v) is 9.85. The van der Waals surface area contributed by atoms with Crippen LogP contribution in [-0.2, 0) is 32.5 Å². The first-order chi connectivity index (χ1) is 16.5. The van der Waals surface area contributed by atoms with Crippen molar-refractivity contribution in [2.75, 3.05) is 20.2 Å². The average molecular weight is 501 g/mol. The highest BCUT2D eigenvalue weighted by molar-refractivity contribution is 7.89. The minimum atomic E-state index is -4.01. The molecule has 2 aromatic carbocycles. The number of nitrogens with two attached hydrogens (primary N) is 1. The van der Waals surface area contributed by atoms with Gasteiger partial charge in [0.25, 0.3) is 5.91 Å². The average Bonchev–Trinajstić information content (AvgIpc) is 2.85. The molecule has 1 unspecified atom stereocenters. The van der Waals surface area contributed by atoms with Gasteiger partial charge >= 0.3 is 5.97 Å². The number of amides is 1. The zero-order chi connectivity index (χ0) is 25.8. The third-order valence-corrected chi connectivity index (χ3v) is 7.10. The van der Waals surface area contributed by atoms with Crippen LogP contribution < -0.4 is 15.8 Å². The van der Waals surface area contributed by atoms with Crippen molar-refractivity contribution in [1.82, 2.24) is 14.9 Å². The Bertz CT molecular complexity index is 1280. The predicted octanol–water partition coefficient (Wildman–Crippen LogP) is 0.576. The van der Waals surface area contributed by atoms with Gasteiger partial charge in [0.05, 0.1) is 17.8 Å². The van der Waals surface area contributed by atoms with Crippen LogP contribution in [-0.4, -0.2) is 63.1 Å². The summed E-state index contributed by atoms with van der Waals surface area (Å²) in [4.78, 5) is 26.8. The van der Waals surface area contributed by atoms with Crippen molar-refractivity contribution >= 4 is 33.6 Å². The smallest absolute Gasteiger partial charge is 0.329 e. The topological polar surface area (TPSA) is 179 Å². The molecule has 3 rings (SSSR count). The summed E-state index contributed by atoms with van der Waals surface area (Å²) in [6.07, 6.45) is 0.709. The fourth-order valence-corrected chi connectivity index (χ4v) is 4.77. The van der Waals surface area contributed by atoms with Gasteiger partial charge in [0.1, 0.15) is 11.9 Å². The van der Waals surface area contributed by atoms with Crippen molar-refractivity contribution in [2.45, 2.75) is 30.8 Å². The number of ether oxygens (including phenoxy) is 1. The van der Waals surface area contributed by atoms with E-state index in [0.29, 0.717) is 30.9 Å². The summed E-state index contributed by atoms with van der Waals surface area (Å²) in [6, 6.07) is 9.48. The molecule has 0 aliphatic carbocycles. The van der Waals surface area contributed by atoms with Crippen molar-refractivity contribution in [3.8, 4) is 0 Å². The molecule has 12 heteroatoms. The van der Waals surface area contributed by atoms with Gasteiger partial charge in [-0.3, -0.25) is 15.6 Å². The molecule has 11 nitrogen and oxygen atoms in total.